The van der Waals surface area contributed by atoms with Crippen molar-refractivity contribution in [3.8, 4) is 5.88 Å². The largest absolute Gasteiger partial charge is 0.481 e. The average molecular weight is 337 g/mol. The van der Waals surface area contributed by atoms with Gasteiger partial charge in [0.05, 0.1) is 36.5 Å². The van der Waals surface area contributed by atoms with E-state index >= 15 is 0 Å². The van der Waals surface area contributed by atoms with Gasteiger partial charge in [0.15, 0.2) is 5.76 Å². The number of benzene rings is 1. The minimum atomic E-state index is -0.434. The van der Waals surface area contributed by atoms with Crippen LogP contribution in [-0.4, -0.2) is 23.9 Å². The van der Waals surface area contributed by atoms with Gasteiger partial charge in [-0.3, -0.25) is 9.59 Å². The number of hydrogen-bond donors (Lipinski definition) is 2. The number of ether oxygens (including phenoxy) is 1. The topological polar surface area (TPSA) is 93.5 Å². The standard InChI is InChI=1S/C18H15N3O4/c1-24-16-9-8-12(11-19-16)20-17(22)13-5-2-3-6-14(13)21-18(23)15-7-4-10-25-15/h2-11H,1H3,(H,20,22)(H,21,23). The molecule has 0 unspecified atom stereocenters. The van der Waals surface area contributed by atoms with E-state index in [0.29, 0.717) is 22.8 Å². The first kappa shape index (κ1) is 16.3. The van der Waals surface area contributed by atoms with E-state index in [1.54, 1.807) is 48.5 Å². The van der Waals surface area contributed by atoms with Crippen molar-refractivity contribution in [1.29, 1.82) is 0 Å². The zero-order chi connectivity index (χ0) is 17.6. The van der Waals surface area contributed by atoms with Crippen molar-refractivity contribution in [3.63, 3.8) is 0 Å². The second kappa shape index (κ2) is 7.31. The molecule has 0 bridgehead atoms. The maximum absolute atomic E-state index is 12.5. The van der Waals surface area contributed by atoms with Gasteiger partial charge in [0.2, 0.25) is 5.88 Å². The van der Waals surface area contributed by atoms with Crippen molar-refractivity contribution in [2.75, 3.05) is 17.7 Å². The molecule has 3 aromatic rings. The summed E-state index contributed by atoms with van der Waals surface area (Å²) in [4.78, 5) is 28.7. The molecule has 0 saturated heterocycles. The number of para-hydroxylation sites is 1. The predicted molar refractivity (Wildman–Crippen MR) is 91.8 cm³/mol. The molecule has 2 aromatic heterocycles. The molecule has 2 N–H and O–H groups in total. The molecule has 0 fully saturated rings. The van der Waals surface area contributed by atoms with E-state index in [0.717, 1.165) is 0 Å². The van der Waals surface area contributed by atoms with Crippen LogP contribution in [-0.2, 0) is 0 Å². The summed E-state index contributed by atoms with van der Waals surface area (Å²) in [7, 11) is 1.51. The van der Waals surface area contributed by atoms with Gasteiger partial charge in [0.25, 0.3) is 11.8 Å². The number of rotatable bonds is 5. The third-order valence-corrected chi connectivity index (χ3v) is 3.37. The lowest BCUT2D eigenvalue weighted by atomic mass is 10.1. The molecule has 0 aliphatic heterocycles. The van der Waals surface area contributed by atoms with E-state index in [-0.39, 0.29) is 11.7 Å². The molecule has 0 spiro atoms. The van der Waals surface area contributed by atoms with Crippen molar-refractivity contribution in [2.45, 2.75) is 0 Å². The Morgan fingerprint density at radius 2 is 1.84 bits per heavy atom. The number of pyridine rings is 1. The summed E-state index contributed by atoms with van der Waals surface area (Å²) in [6, 6.07) is 13.2. The summed E-state index contributed by atoms with van der Waals surface area (Å²) < 4.78 is 10.0. The Labute approximate surface area is 143 Å². The van der Waals surface area contributed by atoms with Gasteiger partial charge in [-0.05, 0) is 30.3 Å². The van der Waals surface area contributed by atoms with E-state index in [1.807, 2.05) is 0 Å². The van der Waals surface area contributed by atoms with Gasteiger partial charge in [-0.1, -0.05) is 12.1 Å². The van der Waals surface area contributed by atoms with Gasteiger partial charge < -0.3 is 19.8 Å². The fraction of sp³-hybridized carbons (Fsp3) is 0.0556. The van der Waals surface area contributed by atoms with Crippen LogP contribution in [0, 0.1) is 0 Å². The monoisotopic (exact) mass is 337 g/mol. The molecule has 0 saturated carbocycles. The highest BCUT2D eigenvalue weighted by Gasteiger charge is 2.15. The molecular formula is C18H15N3O4. The minimum Gasteiger partial charge on any atom is -0.481 e. The number of anilines is 2. The SMILES string of the molecule is COc1ccc(NC(=O)c2ccccc2NC(=O)c2ccco2)cn1. The quantitative estimate of drug-likeness (QED) is 0.746. The Kier molecular flexibility index (Phi) is 4.75. The van der Waals surface area contributed by atoms with Gasteiger partial charge in [-0.25, -0.2) is 4.98 Å². The van der Waals surface area contributed by atoms with E-state index in [9.17, 15) is 9.59 Å². The second-order valence-electron chi connectivity index (χ2n) is 5.02. The molecule has 7 heteroatoms. The highest BCUT2D eigenvalue weighted by Crippen LogP contribution is 2.19. The van der Waals surface area contributed by atoms with Crippen LogP contribution < -0.4 is 15.4 Å². The summed E-state index contributed by atoms with van der Waals surface area (Å²) in [6.07, 6.45) is 2.89. The molecule has 0 aliphatic carbocycles. The number of furan rings is 1. The van der Waals surface area contributed by atoms with Crippen molar-refractivity contribution in [1.82, 2.24) is 4.98 Å². The average Bonchev–Trinajstić information content (AvgIpc) is 3.17. The Bertz CT molecular complexity index is 874. The Morgan fingerprint density at radius 1 is 1.00 bits per heavy atom. The molecule has 0 aliphatic rings. The lowest BCUT2D eigenvalue weighted by Gasteiger charge is -2.11. The number of hydrogen-bond acceptors (Lipinski definition) is 5. The normalized spacial score (nSPS) is 10.1. The first-order valence-electron chi connectivity index (χ1n) is 7.42. The summed E-state index contributed by atoms with van der Waals surface area (Å²) in [5, 5.41) is 5.39. The van der Waals surface area contributed by atoms with Crippen LogP contribution in [0.2, 0.25) is 0 Å². The molecule has 1 aromatic carbocycles. The number of nitrogens with one attached hydrogen (secondary N) is 2. The lowest BCUT2D eigenvalue weighted by Crippen LogP contribution is -2.18. The van der Waals surface area contributed by atoms with Gasteiger partial charge in [0, 0.05) is 6.07 Å². The lowest BCUT2D eigenvalue weighted by molar-refractivity contribution is 0.0996. The van der Waals surface area contributed by atoms with Crippen LogP contribution in [0.5, 0.6) is 5.88 Å². The zero-order valence-electron chi connectivity index (χ0n) is 13.4. The van der Waals surface area contributed by atoms with E-state index < -0.39 is 5.91 Å². The first-order chi connectivity index (χ1) is 12.2. The maximum atomic E-state index is 12.5. The van der Waals surface area contributed by atoms with Gasteiger partial charge in [-0.2, -0.15) is 0 Å². The molecule has 7 nitrogen and oxygen atoms in total. The highest BCUT2D eigenvalue weighted by molar-refractivity contribution is 6.11. The molecule has 0 atom stereocenters. The third-order valence-electron chi connectivity index (χ3n) is 3.37. The van der Waals surface area contributed by atoms with Crippen LogP contribution in [0.25, 0.3) is 0 Å². The third kappa shape index (κ3) is 3.84. The molecule has 3 rings (SSSR count). The molecular weight excluding hydrogens is 322 g/mol. The maximum Gasteiger partial charge on any atom is 0.291 e. The van der Waals surface area contributed by atoms with Gasteiger partial charge >= 0.3 is 0 Å². The van der Waals surface area contributed by atoms with E-state index in [4.69, 9.17) is 9.15 Å². The Balaban J connectivity index is 1.77. The summed E-state index contributed by atoms with van der Waals surface area (Å²) >= 11 is 0. The number of nitrogens with zero attached hydrogens (tertiary/aromatic N) is 1. The van der Waals surface area contributed by atoms with Gasteiger partial charge in [0.1, 0.15) is 0 Å². The number of carbonyl (C=O) groups excluding carboxylic acids is 2. The Morgan fingerprint density at radius 3 is 2.52 bits per heavy atom. The van der Waals surface area contributed by atoms with Gasteiger partial charge in [-0.15, -0.1) is 0 Å². The molecule has 25 heavy (non-hydrogen) atoms. The first-order valence-corrected chi connectivity index (χ1v) is 7.42. The smallest absolute Gasteiger partial charge is 0.291 e. The second-order valence-corrected chi connectivity index (χ2v) is 5.02. The summed E-state index contributed by atoms with van der Waals surface area (Å²) in [5.74, 6) is -0.197. The highest BCUT2D eigenvalue weighted by atomic mass is 16.5. The van der Waals surface area contributed by atoms with Crippen LogP contribution in [0.1, 0.15) is 20.9 Å². The fourth-order valence-corrected chi connectivity index (χ4v) is 2.16. The number of carbonyl (C=O) groups is 2. The number of amides is 2. The number of aromatic nitrogens is 1. The molecule has 2 amide bonds. The Hall–Kier alpha value is -3.61. The van der Waals surface area contributed by atoms with Crippen LogP contribution in [0.15, 0.2) is 65.4 Å². The van der Waals surface area contributed by atoms with E-state index in [2.05, 4.69) is 15.6 Å². The zero-order valence-corrected chi connectivity index (χ0v) is 13.4. The van der Waals surface area contributed by atoms with Crippen LogP contribution >= 0.6 is 0 Å². The minimum absolute atomic E-state index is 0.162. The summed E-state index contributed by atoms with van der Waals surface area (Å²) in [5.41, 5.74) is 1.21. The van der Waals surface area contributed by atoms with Crippen molar-refractivity contribution in [3.05, 3.63) is 72.3 Å². The van der Waals surface area contributed by atoms with Crippen LogP contribution in [0.3, 0.4) is 0 Å². The van der Waals surface area contributed by atoms with E-state index in [1.165, 1.54) is 19.6 Å². The number of methoxy groups -OCH3 is 1. The molecule has 0 radical (unpaired) electrons. The van der Waals surface area contributed by atoms with Crippen molar-refractivity contribution < 1.29 is 18.7 Å². The fourth-order valence-electron chi connectivity index (χ4n) is 2.16. The molecule has 2 heterocycles. The van der Waals surface area contributed by atoms with Crippen LogP contribution in [0.4, 0.5) is 11.4 Å². The predicted octanol–water partition coefficient (Wildman–Crippen LogP) is 3.19. The van der Waals surface area contributed by atoms with Crippen molar-refractivity contribution in [2.24, 2.45) is 0 Å². The van der Waals surface area contributed by atoms with Crippen molar-refractivity contribution >= 4 is 23.2 Å². The summed E-state index contributed by atoms with van der Waals surface area (Å²) in [6.45, 7) is 0. The molecule has 126 valence electrons.